The normalized spacial score (nSPS) is 15.4. The molecule has 7 heteroatoms. The fourth-order valence-corrected chi connectivity index (χ4v) is 4.17. The smallest absolute Gasteiger partial charge is 0.248 e. The van der Waals surface area contributed by atoms with Crippen LogP contribution in [0.4, 0.5) is 10.1 Å². The second-order valence-corrected chi connectivity index (χ2v) is 7.96. The molecule has 3 N–H and O–H groups in total. The van der Waals surface area contributed by atoms with Crippen LogP contribution in [0.1, 0.15) is 50.1 Å². The Morgan fingerprint density at radius 1 is 1.13 bits per heavy atom. The van der Waals surface area contributed by atoms with E-state index in [4.69, 9.17) is 17.3 Å². The number of carbonyl (C=O) groups excluding carboxylic acids is 2. The van der Waals surface area contributed by atoms with Crippen molar-refractivity contribution in [3.05, 3.63) is 64.9 Å². The van der Waals surface area contributed by atoms with Gasteiger partial charge in [-0.05, 0) is 37.1 Å². The van der Waals surface area contributed by atoms with E-state index in [1.54, 1.807) is 30.3 Å². The van der Waals surface area contributed by atoms with Gasteiger partial charge in [0.05, 0.1) is 0 Å². The van der Waals surface area contributed by atoms with Crippen LogP contribution < -0.4 is 16.0 Å². The second-order valence-electron chi connectivity index (χ2n) is 7.55. The predicted octanol–water partition coefficient (Wildman–Crippen LogP) is 4.35. The van der Waals surface area contributed by atoms with Crippen molar-refractivity contribution in [2.24, 2.45) is 5.73 Å². The molecular formula is C23H27ClFN3O2. The number of nitrogens with zero attached hydrogens (tertiary/aromatic N) is 1. The molecule has 160 valence electrons. The van der Waals surface area contributed by atoms with Crippen molar-refractivity contribution < 1.29 is 14.0 Å². The van der Waals surface area contributed by atoms with Crippen LogP contribution in [0.15, 0.2) is 48.5 Å². The fraction of sp³-hybridized carbons (Fsp3) is 0.391. The largest absolute Gasteiger partial charge is 0.351 e. The molecule has 3 rings (SSSR count). The van der Waals surface area contributed by atoms with Crippen molar-refractivity contribution >= 4 is 29.1 Å². The highest BCUT2D eigenvalue weighted by atomic mass is 35.5. The molecular weight excluding hydrogens is 405 g/mol. The molecule has 1 unspecified atom stereocenters. The Hall–Kier alpha value is -2.44. The van der Waals surface area contributed by atoms with Crippen molar-refractivity contribution in [1.29, 1.82) is 0 Å². The van der Waals surface area contributed by atoms with Crippen LogP contribution in [0.2, 0.25) is 5.02 Å². The minimum absolute atomic E-state index is 0.0220. The molecule has 1 aliphatic rings. The lowest BCUT2D eigenvalue weighted by molar-refractivity contribution is -0.127. The molecule has 5 nitrogen and oxygen atoms in total. The number of hydrogen-bond donors (Lipinski definition) is 2. The molecule has 0 aromatic heterocycles. The average Bonchev–Trinajstić information content (AvgIpc) is 2.73. The summed E-state index contributed by atoms with van der Waals surface area (Å²) in [5.41, 5.74) is 6.40. The molecule has 0 heterocycles. The van der Waals surface area contributed by atoms with Crippen LogP contribution in [0.5, 0.6) is 0 Å². The van der Waals surface area contributed by atoms with Gasteiger partial charge in [0.2, 0.25) is 11.8 Å². The van der Waals surface area contributed by atoms with Gasteiger partial charge >= 0.3 is 0 Å². The zero-order chi connectivity index (χ0) is 21.5. The van der Waals surface area contributed by atoms with Gasteiger partial charge in [0.1, 0.15) is 11.9 Å². The highest BCUT2D eigenvalue weighted by Gasteiger charge is 2.35. The number of hydrogen-bond acceptors (Lipinski definition) is 3. The Kier molecular flexibility index (Phi) is 7.82. The maximum absolute atomic E-state index is 14.0. The Labute approximate surface area is 181 Å². The third kappa shape index (κ3) is 5.37. The summed E-state index contributed by atoms with van der Waals surface area (Å²) in [7, 11) is 0. The van der Waals surface area contributed by atoms with Gasteiger partial charge in [-0.1, -0.05) is 55.1 Å². The molecule has 30 heavy (non-hydrogen) atoms. The summed E-state index contributed by atoms with van der Waals surface area (Å²) in [5, 5.41) is 3.45. The molecule has 0 bridgehead atoms. The quantitative estimate of drug-likeness (QED) is 0.684. The number of carbonyl (C=O) groups is 2. The van der Waals surface area contributed by atoms with Gasteiger partial charge in [-0.2, -0.15) is 0 Å². The minimum Gasteiger partial charge on any atom is -0.351 e. The zero-order valence-corrected chi connectivity index (χ0v) is 17.6. The molecule has 0 radical (unpaired) electrons. The summed E-state index contributed by atoms with van der Waals surface area (Å²) in [6.45, 7) is 0.115. The standard InChI is InChI=1S/C23H27ClFN3O2/c24-20-12-5-4-11-19(20)22(23(30)27-17-8-2-1-3-9-17)28(21(29)13-14-26)18-10-6-7-16(25)15-18/h4-7,10-12,15,17,22H,1-3,8-9,13-14,26H2,(H,27,30). The lowest BCUT2D eigenvalue weighted by Gasteiger charge is -2.34. The summed E-state index contributed by atoms with van der Waals surface area (Å²) in [6, 6.07) is 11.6. The third-order valence-electron chi connectivity index (χ3n) is 5.37. The van der Waals surface area contributed by atoms with Gasteiger partial charge in [0.25, 0.3) is 0 Å². The fourth-order valence-electron chi connectivity index (χ4n) is 3.93. The predicted molar refractivity (Wildman–Crippen MR) is 117 cm³/mol. The Morgan fingerprint density at radius 2 is 1.87 bits per heavy atom. The van der Waals surface area contributed by atoms with Crippen LogP contribution >= 0.6 is 11.6 Å². The third-order valence-corrected chi connectivity index (χ3v) is 5.72. The first kappa shape index (κ1) is 22.2. The molecule has 1 aliphatic carbocycles. The van der Waals surface area contributed by atoms with E-state index in [1.807, 2.05) is 0 Å². The summed E-state index contributed by atoms with van der Waals surface area (Å²) in [5.74, 6) is -1.19. The number of halogens is 2. The average molecular weight is 432 g/mol. The summed E-state index contributed by atoms with van der Waals surface area (Å²) < 4.78 is 14.0. The van der Waals surface area contributed by atoms with Crippen LogP contribution in [-0.2, 0) is 9.59 Å². The van der Waals surface area contributed by atoms with Gasteiger partial charge < -0.3 is 11.1 Å². The van der Waals surface area contributed by atoms with E-state index in [0.717, 1.165) is 32.1 Å². The molecule has 0 aliphatic heterocycles. The van der Waals surface area contributed by atoms with Gasteiger partial charge in [0, 0.05) is 35.3 Å². The molecule has 2 amide bonds. The Balaban J connectivity index is 2.05. The molecule has 1 atom stereocenters. The van der Waals surface area contributed by atoms with Crippen LogP contribution in [-0.4, -0.2) is 24.4 Å². The summed E-state index contributed by atoms with van der Waals surface area (Å²) in [4.78, 5) is 27.9. The lowest BCUT2D eigenvalue weighted by atomic mass is 9.94. The SMILES string of the molecule is NCCC(=O)N(c1cccc(F)c1)C(C(=O)NC1CCCCC1)c1ccccc1Cl. The van der Waals surface area contributed by atoms with Crippen molar-refractivity contribution in [1.82, 2.24) is 5.32 Å². The van der Waals surface area contributed by atoms with Gasteiger partial charge in [-0.3, -0.25) is 14.5 Å². The van der Waals surface area contributed by atoms with Gasteiger partial charge in [-0.25, -0.2) is 4.39 Å². The molecule has 1 saturated carbocycles. The molecule has 1 fully saturated rings. The van der Waals surface area contributed by atoms with E-state index < -0.39 is 11.9 Å². The summed E-state index contributed by atoms with van der Waals surface area (Å²) in [6.07, 6.45) is 5.09. The van der Waals surface area contributed by atoms with E-state index in [9.17, 15) is 14.0 Å². The van der Waals surface area contributed by atoms with Crippen LogP contribution in [0, 0.1) is 5.82 Å². The van der Waals surface area contributed by atoms with E-state index in [1.165, 1.54) is 23.1 Å². The molecule has 2 aromatic rings. The second kappa shape index (κ2) is 10.5. The molecule has 2 aromatic carbocycles. The first-order chi connectivity index (χ1) is 14.5. The molecule has 0 saturated heterocycles. The van der Waals surface area contributed by atoms with Gasteiger partial charge in [-0.15, -0.1) is 0 Å². The Morgan fingerprint density at radius 3 is 2.53 bits per heavy atom. The highest BCUT2D eigenvalue weighted by Crippen LogP contribution is 2.33. The first-order valence-corrected chi connectivity index (χ1v) is 10.7. The van der Waals surface area contributed by atoms with E-state index in [0.29, 0.717) is 10.6 Å². The van der Waals surface area contributed by atoms with Crippen molar-refractivity contribution in [2.75, 3.05) is 11.4 Å². The van der Waals surface area contributed by atoms with E-state index in [-0.39, 0.29) is 36.5 Å². The first-order valence-electron chi connectivity index (χ1n) is 10.3. The summed E-state index contributed by atoms with van der Waals surface area (Å²) >= 11 is 6.43. The lowest BCUT2D eigenvalue weighted by Crippen LogP contribution is -2.47. The Bertz CT molecular complexity index is 886. The van der Waals surface area contributed by atoms with E-state index in [2.05, 4.69) is 5.32 Å². The number of benzene rings is 2. The number of rotatable bonds is 7. The van der Waals surface area contributed by atoms with Gasteiger partial charge in [0.15, 0.2) is 0 Å². The number of nitrogens with one attached hydrogen (secondary N) is 1. The number of amides is 2. The van der Waals surface area contributed by atoms with E-state index >= 15 is 0 Å². The number of nitrogens with two attached hydrogens (primary N) is 1. The maximum atomic E-state index is 14.0. The number of anilines is 1. The topological polar surface area (TPSA) is 75.4 Å². The minimum atomic E-state index is -1.03. The van der Waals surface area contributed by atoms with Crippen LogP contribution in [0.3, 0.4) is 0 Å². The van der Waals surface area contributed by atoms with Crippen molar-refractivity contribution in [2.45, 2.75) is 50.6 Å². The van der Waals surface area contributed by atoms with Crippen LogP contribution in [0.25, 0.3) is 0 Å². The van der Waals surface area contributed by atoms with Crippen molar-refractivity contribution in [3.63, 3.8) is 0 Å². The monoisotopic (exact) mass is 431 g/mol. The highest BCUT2D eigenvalue weighted by molar-refractivity contribution is 6.31. The van der Waals surface area contributed by atoms with Crippen molar-refractivity contribution in [3.8, 4) is 0 Å². The maximum Gasteiger partial charge on any atom is 0.248 e. The zero-order valence-electron chi connectivity index (χ0n) is 16.8. The molecule has 0 spiro atoms.